The summed E-state index contributed by atoms with van der Waals surface area (Å²) in [6, 6.07) is 14.2. The van der Waals surface area contributed by atoms with Gasteiger partial charge in [0.2, 0.25) is 0 Å². The van der Waals surface area contributed by atoms with Crippen molar-refractivity contribution in [3.8, 4) is 0 Å². The quantitative estimate of drug-likeness (QED) is 0.786. The van der Waals surface area contributed by atoms with Gasteiger partial charge in [0.05, 0.1) is 10.7 Å². The molecule has 0 unspecified atom stereocenters. The molecule has 0 aliphatic carbocycles. The average molecular weight is 275 g/mol. The highest BCUT2D eigenvalue weighted by Gasteiger charge is 1.98. The van der Waals surface area contributed by atoms with Gasteiger partial charge in [0, 0.05) is 18.8 Å². The summed E-state index contributed by atoms with van der Waals surface area (Å²) >= 11 is 6.08. The standard InChI is InChI=1S/C16H19ClN2/c1-12-7-8-14(11-13(12)2)18-9-10-19-16-6-4-3-5-15(16)17/h3-8,11,18-19H,9-10H2,1-2H3. The average Bonchev–Trinajstić information content (AvgIpc) is 2.40. The minimum absolute atomic E-state index is 0.758. The van der Waals surface area contributed by atoms with E-state index < -0.39 is 0 Å². The summed E-state index contributed by atoms with van der Waals surface area (Å²) in [5.41, 5.74) is 4.76. The van der Waals surface area contributed by atoms with E-state index in [9.17, 15) is 0 Å². The van der Waals surface area contributed by atoms with E-state index in [4.69, 9.17) is 11.6 Å². The molecule has 0 aliphatic heterocycles. The Kier molecular flexibility index (Phi) is 4.69. The fraction of sp³-hybridized carbons (Fsp3) is 0.250. The lowest BCUT2D eigenvalue weighted by Crippen LogP contribution is -2.13. The highest BCUT2D eigenvalue weighted by molar-refractivity contribution is 6.33. The van der Waals surface area contributed by atoms with Crippen LogP contribution in [0.4, 0.5) is 11.4 Å². The molecule has 100 valence electrons. The number of anilines is 2. The van der Waals surface area contributed by atoms with Gasteiger partial charge in [-0.2, -0.15) is 0 Å². The molecule has 0 heterocycles. The fourth-order valence-corrected chi connectivity index (χ4v) is 2.06. The van der Waals surface area contributed by atoms with Crippen LogP contribution in [0.5, 0.6) is 0 Å². The number of benzene rings is 2. The van der Waals surface area contributed by atoms with E-state index in [0.717, 1.165) is 29.5 Å². The zero-order valence-corrected chi connectivity index (χ0v) is 12.1. The highest BCUT2D eigenvalue weighted by atomic mass is 35.5. The molecule has 0 radical (unpaired) electrons. The largest absolute Gasteiger partial charge is 0.383 e. The SMILES string of the molecule is Cc1ccc(NCCNc2ccccc2Cl)cc1C. The van der Waals surface area contributed by atoms with E-state index in [1.54, 1.807) is 0 Å². The first-order valence-electron chi connectivity index (χ1n) is 6.46. The third kappa shape index (κ3) is 3.90. The molecule has 0 aliphatic rings. The van der Waals surface area contributed by atoms with Crippen LogP contribution in [-0.4, -0.2) is 13.1 Å². The zero-order chi connectivity index (χ0) is 13.7. The maximum atomic E-state index is 6.08. The molecular formula is C16H19ClN2. The number of rotatable bonds is 5. The number of hydrogen-bond acceptors (Lipinski definition) is 2. The fourth-order valence-electron chi connectivity index (χ4n) is 1.86. The van der Waals surface area contributed by atoms with Crippen LogP contribution < -0.4 is 10.6 Å². The number of nitrogens with one attached hydrogen (secondary N) is 2. The molecule has 0 saturated carbocycles. The van der Waals surface area contributed by atoms with Crippen LogP contribution in [0.1, 0.15) is 11.1 Å². The van der Waals surface area contributed by atoms with Crippen LogP contribution in [0.2, 0.25) is 5.02 Å². The lowest BCUT2D eigenvalue weighted by molar-refractivity contribution is 1.08. The van der Waals surface area contributed by atoms with Crippen molar-refractivity contribution < 1.29 is 0 Å². The van der Waals surface area contributed by atoms with E-state index in [1.165, 1.54) is 11.1 Å². The highest BCUT2D eigenvalue weighted by Crippen LogP contribution is 2.20. The van der Waals surface area contributed by atoms with Gasteiger partial charge in [-0.3, -0.25) is 0 Å². The Bertz CT molecular complexity index is 552. The van der Waals surface area contributed by atoms with E-state index >= 15 is 0 Å². The second-order valence-corrected chi connectivity index (χ2v) is 5.04. The molecule has 2 aromatic carbocycles. The van der Waals surface area contributed by atoms with Crippen molar-refractivity contribution in [2.45, 2.75) is 13.8 Å². The Morgan fingerprint density at radius 2 is 1.63 bits per heavy atom. The summed E-state index contributed by atoms with van der Waals surface area (Å²) in [4.78, 5) is 0. The Labute approximate surface area is 119 Å². The van der Waals surface area contributed by atoms with Gasteiger partial charge in [-0.05, 0) is 49.2 Å². The Balaban J connectivity index is 1.81. The second-order valence-electron chi connectivity index (χ2n) is 4.63. The van der Waals surface area contributed by atoms with Crippen LogP contribution in [0.3, 0.4) is 0 Å². The topological polar surface area (TPSA) is 24.1 Å². The Hall–Kier alpha value is -1.67. The van der Waals surface area contributed by atoms with Gasteiger partial charge in [-0.25, -0.2) is 0 Å². The van der Waals surface area contributed by atoms with Gasteiger partial charge in [0.1, 0.15) is 0 Å². The molecule has 0 atom stereocenters. The molecule has 2 aromatic rings. The predicted octanol–water partition coefficient (Wildman–Crippen LogP) is 4.48. The van der Waals surface area contributed by atoms with Crippen molar-refractivity contribution in [3.63, 3.8) is 0 Å². The molecule has 0 bridgehead atoms. The molecule has 2 nitrogen and oxygen atoms in total. The first-order valence-corrected chi connectivity index (χ1v) is 6.84. The maximum absolute atomic E-state index is 6.08. The van der Waals surface area contributed by atoms with Crippen molar-refractivity contribution in [1.29, 1.82) is 0 Å². The lowest BCUT2D eigenvalue weighted by atomic mass is 10.1. The van der Waals surface area contributed by atoms with Crippen LogP contribution in [-0.2, 0) is 0 Å². The smallest absolute Gasteiger partial charge is 0.0637 e. The minimum Gasteiger partial charge on any atom is -0.383 e. The van der Waals surface area contributed by atoms with E-state index in [-0.39, 0.29) is 0 Å². The lowest BCUT2D eigenvalue weighted by Gasteiger charge is -2.11. The number of halogens is 1. The molecular weight excluding hydrogens is 256 g/mol. The number of para-hydroxylation sites is 1. The van der Waals surface area contributed by atoms with Crippen molar-refractivity contribution in [2.75, 3.05) is 23.7 Å². The van der Waals surface area contributed by atoms with Crippen molar-refractivity contribution in [2.24, 2.45) is 0 Å². The van der Waals surface area contributed by atoms with Crippen LogP contribution in [0, 0.1) is 13.8 Å². The van der Waals surface area contributed by atoms with Crippen LogP contribution in [0.25, 0.3) is 0 Å². The first-order chi connectivity index (χ1) is 9.16. The molecule has 0 spiro atoms. The summed E-state index contributed by atoms with van der Waals surface area (Å²) in [6.45, 7) is 5.94. The minimum atomic E-state index is 0.758. The normalized spacial score (nSPS) is 10.3. The Morgan fingerprint density at radius 3 is 2.37 bits per heavy atom. The third-order valence-electron chi connectivity index (χ3n) is 3.15. The molecule has 0 saturated heterocycles. The number of aryl methyl sites for hydroxylation is 2. The molecule has 0 fully saturated rings. The zero-order valence-electron chi connectivity index (χ0n) is 11.3. The van der Waals surface area contributed by atoms with Gasteiger partial charge in [0.15, 0.2) is 0 Å². The molecule has 0 amide bonds. The van der Waals surface area contributed by atoms with Crippen molar-refractivity contribution in [3.05, 3.63) is 58.6 Å². The molecule has 0 aromatic heterocycles. The molecule has 19 heavy (non-hydrogen) atoms. The molecule has 2 rings (SSSR count). The monoisotopic (exact) mass is 274 g/mol. The molecule has 3 heteroatoms. The second kappa shape index (κ2) is 6.48. The van der Waals surface area contributed by atoms with E-state index in [0.29, 0.717) is 0 Å². The summed E-state index contributed by atoms with van der Waals surface area (Å²) < 4.78 is 0. The van der Waals surface area contributed by atoms with Gasteiger partial charge in [-0.15, -0.1) is 0 Å². The summed E-state index contributed by atoms with van der Waals surface area (Å²) in [7, 11) is 0. The van der Waals surface area contributed by atoms with E-state index in [2.05, 4.69) is 42.7 Å². The first kappa shape index (κ1) is 13.8. The van der Waals surface area contributed by atoms with E-state index in [1.807, 2.05) is 24.3 Å². The van der Waals surface area contributed by atoms with Crippen molar-refractivity contribution >= 4 is 23.0 Å². The van der Waals surface area contributed by atoms with Gasteiger partial charge in [-0.1, -0.05) is 29.8 Å². The van der Waals surface area contributed by atoms with Gasteiger partial charge in [0.25, 0.3) is 0 Å². The van der Waals surface area contributed by atoms with Crippen molar-refractivity contribution in [1.82, 2.24) is 0 Å². The third-order valence-corrected chi connectivity index (χ3v) is 3.48. The maximum Gasteiger partial charge on any atom is 0.0637 e. The Morgan fingerprint density at radius 1 is 0.895 bits per heavy atom. The van der Waals surface area contributed by atoms with Gasteiger partial charge >= 0.3 is 0 Å². The predicted molar refractivity (Wildman–Crippen MR) is 84.3 cm³/mol. The molecule has 2 N–H and O–H groups in total. The number of hydrogen-bond donors (Lipinski definition) is 2. The summed E-state index contributed by atoms with van der Waals surface area (Å²) in [5.74, 6) is 0. The summed E-state index contributed by atoms with van der Waals surface area (Å²) in [6.07, 6.45) is 0. The van der Waals surface area contributed by atoms with Gasteiger partial charge < -0.3 is 10.6 Å². The van der Waals surface area contributed by atoms with Crippen LogP contribution in [0.15, 0.2) is 42.5 Å². The van der Waals surface area contributed by atoms with Crippen LogP contribution >= 0.6 is 11.6 Å². The summed E-state index contributed by atoms with van der Waals surface area (Å²) in [5, 5.41) is 7.47.